The van der Waals surface area contributed by atoms with E-state index in [4.69, 9.17) is 14.7 Å². The van der Waals surface area contributed by atoms with Crippen molar-refractivity contribution in [2.75, 3.05) is 31.1 Å². The zero-order chi connectivity index (χ0) is 16.2. The van der Waals surface area contributed by atoms with Gasteiger partial charge < -0.3 is 7.97 Å². The molecule has 1 saturated heterocycles. The molecule has 1 aliphatic rings. The summed E-state index contributed by atoms with van der Waals surface area (Å²) in [4.78, 5) is 21.9. The average Bonchev–Trinajstić information content (AvgIpc) is 2.96. The molecule has 3 rings (SSSR count). The highest BCUT2D eigenvalue weighted by Gasteiger charge is 2.20. The zero-order valence-electron chi connectivity index (χ0n) is 12.2. The van der Waals surface area contributed by atoms with E-state index in [1.165, 1.54) is 17.0 Å². The summed E-state index contributed by atoms with van der Waals surface area (Å²) in [7, 11) is 0. The predicted octanol–water partition coefficient (Wildman–Crippen LogP) is 3.63. The number of pyridine rings is 1. The first kappa shape index (κ1) is 16.9. The van der Waals surface area contributed by atoms with Crippen LogP contribution >= 0.6 is 45.9 Å². The van der Waals surface area contributed by atoms with Gasteiger partial charge in [-0.25, -0.2) is 4.79 Å². The van der Waals surface area contributed by atoms with Crippen molar-refractivity contribution in [3.8, 4) is 0 Å². The number of aromatic nitrogens is 1. The van der Waals surface area contributed by atoms with Gasteiger partial charge in [0.2, 0.25) is 0 Å². The zero-order valence-corrected chi connectivity index (χ0v) is 16.0. The van der Waals surface area contributed by atoms with Crippen LogP contribution in [-0.2, 0) is 9.61 Å². The Bertz CT molecular complexity index is 675. The number of anilines is 1. The lowest BCUT2D eigenvalue weighted by Gasteiger charge is -2.35. The highest BCUT2D eigenvalue weighted by atomic mass is 127. The second-order valence-corrected chi connectivity index (χ2v) is 7.20. The van der Waals surface area contributed by atoms with Gasteiger partial charge in [-0.05, 0) is 18.2 Å². The van der Waals surface area contributed by atoms with Crippen LogP contribution in [0, 0.1) is 0 Å². The third kappa shape index (κ3) is 4.14. The Labute approximate surface area is 157 Å². The molecule has 0 radical (unpaired) electrons. The first-order valence-electron chi connectivity index (χ1n) is 7.16. The SMILES string of the molecule is O=C(OI)c1cc(Cl)c(CN2CCN(c3ccncc3)CC2)s1. The van der Waals surface area contributed by atoms with Crippen molar-refractivity contribution in [3.63, 3.8) is 0 Å². The maximum Gasteiger partial charge on any atom is 0.357 e. The summed E-state index contributed by atoms with van der Waals surface area (Å²) in [5, 5.41) is 0.642. The molecule has 0 bridgehead atoms. The number of halogens is 2. The quantitative estimate of drug-likeness (QED) is 0.648. The Morgan fingerprint density at radius 2 is 2.00 bits per heavy atom. The summed E-state index contributed by atoms with van der Waals surface area (Å²) in [5.74, 6) is -0.341. The van der Waals surface area contributed by atoms with E-state index in [0.717, 1.165) is 37.6 Å². The Hall–Kier alpha value is -0.900. The van der Waals surface area contributed by atoms with Gasteiger partial charge in [0, 0.05) is 55.7 Å². The maximum atomic E-state index is 11.6. The van der Waals surface area contributed by atoms with E-state index < -0.39 is 0 Å². The first-order valence-corrected chi connectivity index (χ1v) is 9.23. The van der Waals surface area contributed by atoms with Crippen molar-refractivity contribution in [2.24, 2.45) is 0 Å². The van der Waals surface area contributed by atoms with Crippen molar-refractivity contribution in [3.05, 3.63) is 45.4 Å². The van der Waals surface area contributed by atoms with Gasteiger partial charge in [0.25, 0.3) is 0 Å². The Morgan fingerprint density at radius 1 is 1.30 bits per heavy atom. The molecule has 1 aliphatic heterocycles. The molecule has 122 valence electrons. The van der Waals surface area contributed by atoms with Crippen LogP contribution in [0.1, 0.15) is 14.5 Å². The van der Waals surface area contributed by atoms with Gasteiger partial charge >= 0.3 is 5.97 Å². The summed E-state index contributed by atoms with van der Waals surface area (Å²) in [6, 6.07) is 5.76. The number of carbonyl (C=O) groups is 1. The molecule has 8 heteroatoms. The fraction of sp³-hybridized carbons (Fsp3) is 0.333. The van der Waals surface area contributed by atoms with Gasteiger partial charge in [-0.15, -0.1) is 11.3 Å². The monoisotopic (exact) mass is 463 g/mol. The molecule has 5 nitrogen and oxygen atoms in total. The van der Waals surface area contributed by atoms with E-state index in [0.29, 0.717) is 9.90 Å². The molecule has 0 aromatic carbocycles. The smallest absolute Gasteiger partial charge is 0.357 e. The minimum atomic E-state index is -0.341. The number of piperazine rings is 1. The Morgan fingerprint density at radius 3 is 2.65 bits per heavy atom. The molecule has 0 atom stereocenters. The number of thiophene rings is 1. The third-order valence-corrected chi connectivity index (χ3v) is 5.75. The largest absolute Gasteiger partial charge is 0.390 e. The molecule has 2 aromatic heterocycles. The van der Waals surface area contributed by atoms with Crippen LogP contribution in [0.3, 0.4) is 0 Å². The van der Waals surface area contributed by atoms with Crippen LogP contribution in [0.25, 0.3) is 0 Å². The fourth-order valence-electron chi connectivity index (χ4n) is 2.58. The molecule has 0 saturated carbocycles. The van der Waals surface area contributed by atoms with Crippen molar-refractivity contribution >= 4 is 57.6 Å². The highest BCUT2D eigenvalue weighted by Crippen LogP contribution is 2.29. The average molecular weight is 464 g/mol. The maximum absolute atomic E-state index is 11.6. The number of rotatable bonds is 4. The molecule has 0 N–H and O–H groups in total. The van der Waals surface area contributed by atoms with E-state index in [1.54, 1.807) is 29.1 Å². The predicted molar refractivity (Wildman–Crippen MR) is 100 cm³/mol. The lowest BCUT2D eigenvalue weighted by molar-refractivity contribution is 0.0805. The van der Waals surface area contributed by atoms with Crippen LogP contribution in [0.5, 0.6) is 0 Å². The molecule has 23 heavy (non-hydrogen) atoms. The summed E-state index contributed by atoms with van der Waals surface area (Å²) in [6.45, 7) is 4.62. The van der Waals surface area contributed by atoms with Crippen molar-refractivity contribution in [1.82, 2.24) is 9.88 Å². The highest BCUT2D eigenvalue weighted by molar-refractivity contribution is 14.1. The summed E-state index contributed by atoms with van der Waals surface area (Å²) in [6.07, 6.45) is 3.64. The van der Waals surface area contributed by atoms with Crippen LogP contribution < -0.4 is 4.90 Å². The molecule has 1 fully saturated rings. The molecule has 3 heterocycles. The van der Waals surface area contributed by atoms with Gasteiger partial charge in [-0.3, -0.25) is 9.88 Å². The topological polar surface area (TPSA) is 45.7 Å². The van der Waals surface area contributed by atoms with Gasteiger partial charge in [0.05, 0.1) is 5.02 Å². The van der Waals surface area contributed by atoms with Gasteiger partial charge in [-0.1, -0.05) is 11.6 Å². The van der Waals surface area contributed by atoms with Crippen LogP contribution in [0.15, 0.2) is 30.6 Å². The minimum absolute atomic E-state index is 0.341. The lowest BCUT2D eigenvalue weighted by Crippen LogP contribution is -2.45. The van der Waals surface area contributed by atoms with E-state index in [-0.39, 0.29) is 5.97 Å². The van der Waals surface area contributed by atoms with Gasteiger partial charge in [0.1, 0.15) is 4.88 Å². The number of nitrogens with zero attached hydrogens (tertiary/aromatic N) is 3. The fourth-order valence-corrected chi connectivity index (χ4v) is 4.28. The molecule has 0 unspecified atom stereocenters. The van der Waals surface area contributed by atoms with Gasteiger partial charge in [-0.2, -0.15) is 0 Å². The number of hydrogen-bond acceptors (Lipinski definition) is 6. The lowest BCUT2D eigenvalue weighted by atomic mass is 10.2. The molecule has 0 aliphatic carbocycles. The minimum Gasteiger partial charge on any atom is -0.390 e. The van der Waals surface area contributed by atoms with Gasteiger partial charge in [0.15, 0.2) is 23.0 Å². The standard InChI is InChI=1S/C15H15ClIN3O2S/c16-12-9-13(15(21)22-17)23-14(12)10-19-5-7-20(8-6-19)11-1-3-18-4-2-11/h1-4,9H,5-8,10H2. The first-order chi connectivity index (χ1) is 11.2. The summed E-state index contributed by atoms with van der Waals surface area (Å²) < 4.78 is 4.72. The third-order valence-electron chi connectivity index (χ3n) is 3.80. The number of carbonyl (C=O) groups excluding carboxylic acids is 1. The Kier molecular flexibility index (Phi) is 5.73. The molecule has 0 amide bonds. The van der Waals surface area contributed by atoms with Crippen LogP contribution in [0.2, 0.25) is 5.02 Å². The summed E-state index contributed by atoms with van der Waals surface area (Å²) >= 11 is 9.25. The van der Waals surface area contributed by atoms with Crippen LogP contribution in [-0.4, -0.2) is 42.0 Å². The van der Waals surface area contributed by atoms with E-state index in [1.807, 2.05) is 24.5 Å². The molecule has 0 spiro atoms. The molecular formula is C15H15ClIN3O2S. The second-order valence-electron chi connectivity index (χ2n) is 5.21. The Balaban J connectivity index is 1.59. The summed E-state index contributed by atoms with van der Waals surface area (Å²) in [5.41, 5.74) is 1.21. The second kappa shape index (κ2) is 7.78. The molecule has 2 aromatic rings. The van der Waals surface area contributed by atoms with E-state index in [9.17, 15) is 4.79 Å². The van der Waals surface area contributed by atoms with Crippen molar-refractivity contribution in [1.29, 1.82) is 0 Å². The van der Waals surface area contributed by atoms with E-state index in [2.05, 4.69) is 14.8 Å². The molecular weight excluding hydrogens is 449 g/mol. The normalized spacial score (nSPS) is 15.7. The number of hydrogen-bond donors (Lipinski definition) is 0. The van der Waals surface area contributed by atoms with Crippen LogP contribution in [0.4, 0.5) is 5.69 Å². The van der Waals surface area contributed by atoms with Crippen molar-refractivity contribution < 1.29 is 7.86 Å². The van der Waals surface area contributed by atoms with Crippen molar-refractivity contribution in [2.45, 2.75) is 6.54 Å². The van der Waals surface area contributed by atoms with E-state index >= 15 is 0 Å².